The Bertz CT molecular complexity index is 578. The van der Waals surface area contributed by atoms with Gasteiger partial charge in [-0.3, -0.25) is 4.98 Å². The summed E-state index contributed by atoms with van der Waals surface area (Å²) < 4.78 is 0. The van der Waals surface area contributed by atoms with Crippen molar-refractivity contribution in [3.8, 4) is 0 Å². The summed E-state index contributed by atoms with van der Waals surface area (Å²) in [6, 6.07) is 5.94. The van der Waals surface area contributed by atoms with Gasteiger partial charge in [0.2, 0.25) is 0 Å². The molecule has 0 aliphatic heterocycles. The van der Waals surface area contributed by atoms with Gasteiger partial charge in [0.1, 0.15) is 0 Å². The van der Waals surface area contributed by atoms with Crippen LogP contribution in [0.25, 0.3) is 10.9 Å². The van der Waals surface area contributed by atoms with Gasteiger partial charge in [-0.1, -0.05) is 23.7 Å². The summed E-state index contributed by atoms with van der Waals surface area (Å²) in [7, 11) is 0. The van der Waals surface area contributed by atoms with Gasteiger partial charge < -0.3 is 5.73 Å². The van der Waals surface area contributed by atoms with Gasteiger partial charge >= 0.3 is 0 Å². The van der Waals surface area contributed by atoms with Gasteiger partial charge in [0, 0.05) is 17.6 Å². The van der Waals surface area contributed by atoms with E-state index >= 15 is 0 Å². The Balaban J connectivity index is 2.39. The van der Waals surface area contributed by atoms with Gasteiger partial charge in [0.25, 0.3) is 0 Å². The molecular formula is C14H15ClN2. The van der Waals surface area contributed by atoms with Crippen LogP contribution in [-0.4, -0.2) is 4.98 Å². The number of fused-ring (bicyclic) bond motifs is 2. The third kappa shape index (κ3) is 1.72. The van der Waals surface area contributed by atoms with E-state index in [9.17, 15) is 0 Å². The molecule has 3 heteroatoms. The number of pyridine rings is 1. The first-order chi connectivity index (χ1) is 8.31. The molecule has 1 aliphatic carbocycles. The summed E-state index contributed by atoms with van der Waals surface area (Å²) in [6.45, 7) is 0.571. The summed E-state index contributed by atoms with van der Waals surface area (Å²) >= 11 is 6.23. The van der Waals surface area contributed by atoms with Crippen molar-refractivity contribution in [3.63, 3.8) is 0 Å². The van der Waals surface area contributed by atoms with Crippen molar-refractivity contribution < 1.29 is 0 Å². The molecule has 2 nitrogen and oxygen atoms in total. The minimum Gasteiger partial charge on any atom is -0.326 e. The van der Waals surface area contributed by atoms with E-state index in [1.165, 1.54) is 29.7 Å². The minimum absolute atomic E-state index is 0.571. The zero-order valence-electron chi connectivity index (χ0n) is 9.67. The molecule has 3 rings (SSSR count). The zero-order valence-corrected chi connectivity index (χ0v) is 10.4. The Hall–Kier alpha value is -1.12. The number of hydrogen-bond acceptors (Lipinski definition) is 2. The molecule has 0 saturated carbocycles. The van der Waals surface area contributed by atoms with Gasteiger partial charge in [-0.2, -0.15) is 0 Å². The van der Waals surface area contributed by atoms with Gasteiger partial charge in [-0.15, -0.1) is 0 Å². The number of halogens is 1. The van der Waals surface area contributed by atoms with Gasteiger partial charge in [-0.25, -0.2) is 0 Å². The van der Waals surface area contributed by atoms with Crippen LogP contribution in [0.2, 0.25) is 5.02 Å². The monoisotopic (exact) mass is 246 g/mol. The molecule has 2 aromatic rings. The Morgan fingerprint density at radius 2 is 2.06 bits per heavy atom. The highest BCUT2D eigenvalue weighted by molar-refractivity contribution is 6.35. The van der Waals surface area contributed by atoms with Crippen molar-refractivity contribution in [1.29, 1.82) is 0 Å². The van der Waals surface area contributed by atoms with E-state index in [4.69, 9.17) is 22.3 Å². The van der Waals surface area contributed by atoms with Crippen LogP contribution in [0.3, 0.4) is 0 Å². The Labute approximate surface area is 106 Å². The molecule has 1 aliphatic rings. The molecule has 88 valence electrons. The zero-order chi connectivity index (χ0) is 11.8. The van der Waals surface area contributed by atoms with E-state index in [1.807, 2.05) is 12.1 Å². The van der Waals surface area contributed by atoms with Gasteiger partial charge in [0.15, 0.2) is 0 Å². The first-order valence-electron chi connectivity index (χ1n) is 6.10. The molecule has 1 aromatic heterocycles. The maximum Gasteiger partial charge on any atom is 0.0894 e. The summed E-state index contributed by atoms with van der Waals surface area (Å²) in [4.78, 5) is 4.74. The first kappa shape index (κ1) is 11.0. The van der Waals surface area contributed by atoms with E-state index in [0.717, 1.165) is 28.8 Å². The second kappa shape index (κ2) is 4.28. The number of aromatic nitrogens is 1. The van der Waals surface area contributed by atoms with Crippen LogP contribution < -0.4 is 5.73 Å². The van der Waals surface area contributed by atoms with Crippen LogP contribution in [0.15, 0.2) is 18.2 Å². The van der Waals surface area contributed by atoms with Crippen molar-refractivity contribution >= 4 is 22.5 Å². The Morgan fingerprint density at radius 3 is 2.88 bits per heavy atom. The van der Waals surface area contributed by atoms with Crippen LogP contribution in [0.1, 0.15) is 29.7 Å². The number of aryl methyl sites for hydroxylation is 1. The first-order valence-corrected chi connectivity index (χ1v) is 6.48. The average molecular weight is 247 g/mol. The fraction of sp³-hybridized carbons (Fsp3) is 0.357. The van der Waals surface area contributed by atoms with Crippen LogP contribution in [0.5, 0.6) is 0 Å². The smallest absolute Gasteiger partial charge is 0.0894 e. The van der Waals surface area contributed by atoms with E-state index in [0.29, 0.717) is 6.54 Å². The van der Waals surface area contributed by atoms with Crippen LogP contribution in [0.4, 0.5) is 0 Å². The number of rotatable bonds is 1. The van der Waals surface area contributed by atoms with E-state index in [1.54, 1.807) is 0 Å². The van der Waals surface area contributed by atoms with E-state index < -0.39 is 0 Å². The largest absolute Gasteiger partial charge is 0.326 e. The van der Waals surface area contributed by atoms with Crippen LogP contribution in [-0.2, 0) is 19.4 Å². The van der Waals surface area contributed by atoms with Crippen LogP contribution >= 0.6 is 11.6 Å². The van der Waals surface area contributed by atoms with Crippen LogP contribution in [0, 0.1) is 0 Å². The molecule has 0 saturated heterocycles. The molecule has 0 amide bonds. The molecule has 1 aromatic carbocycles. The molecule has 0 fully saturated rings. The van der Waals surface area contributed by atoms with Gasteiger partial charge in [-0.05, 0) is 42.9 Å². The summed E-state index contributed by atoms with van der Waals surface area (Å²) in [5.74, 6) is 0. The molecule has 17 heavy (non-hydrogen) atoms. The topological polar surface area (TPSA) is 38.9 Å². The number of nitrogens with zero attached hydrogens (tertiary/aromatic N) is 1. The van der Waals surface area contributed by atoms with E-state index in [-0.39, 0.29) is 0 Å². The van der Waals surface area contributed by atoms with Crippen molar-refractivity contribution in [2.75, 3.05) is 0 Å². The van der Waals surface area contributed by atoms with Crippen molar-refractivity contribution in [1.82, 2.24) is 4.98 Å². The minimum atomic E-state index is 0.571. The standard InChI is InChI=1S/C14H15ClN2/c15-12-6-3-5-10-11(8-16)9-4-1-2-7-13(9)17-14(10)12/h3,5-6H,1-2,4,7-8,16H2. The molecule has 0 unspecified atom stereocenters. The average Bonchev–Trinajstić information content (AvgIpc) is 2.37. The lowest BCUT2D eigenvalue weighted by atomic mass is 9.90. The normalized spacial score (nSPS) is 14.9. The molecule has 0 bridgehead atoms. The van der Waals surface area contributed by atoms with E-state index in [2.05, 4.69) is 6.07 Å². The van der Waals surface area contributed by atoms with Gasteiger partial charge in [0.05, 0.1) is 10.5 Å². The maximum absolute atomic E-state index is 6.23. The van der Waals surface area contributed by atoms with Crippen molar-refractivity contribution in [2.24, 2.45) is 5.73 Å². The van der Waals surface area contributed by atoms with Crippen molar-refractivity contribution in [3.05, 3.63) is 40.0 Å². The lowest BCUT2D eigenvalue weighted by Crippen LogP contribution is -2.12. The number of hydrogen-bond donors (Lipinski definition) is 1. The molecule has 0 radical (unpaired) electrons. The SMILES string of the molecule is NCc1c2c(nc3c(Cl)cccc13)CCCC2. The third-order valence-corrected chi connectivity index (χ3v) is 3.87. The summed E-state index contributed by atoms with van der Waals surface area (Å²) in [6.07, 6.45) is 4.63. The molecule has 0 atom stereocenters. The maximum atomic E-state index is 6.23. The molecule has 0 spiro atoms. The Kier molecular flexibility index (Phi) is 2.77. The molecule has 2 N–H and O–H groups in total. The molecule has 1 heterocycles. The Morgan fingerprint density at radius 1 is 1.24 bits per heavy atom. The number of para-hydroxylation sites is 1. The predicted molar refractivity (Wildman–Crippen MR) is 71.3 cm³/mol. The highest BCUT2D eigenvalue weighted by Crippen LogP contribution is 2.31. The predicted octanol–water partition coefficient (Wildman–Crippen LogP) is 3.23. The quantitative estimate of drug-likeness (QED) is 0.839. The molecular weight excluding hydrogens is 232 g/mol. The lowest BCUT2D eigenvalue weighted by molar-refractivity contribution is 0.664. The lowest BCUT2D eigenvalue weighted by Gasteiger charge is -2.20. The van der Waals surface area contributed by atoms with Crippen molar-refractivity contribution in [2.45, 2.75) is 32.2 Å². The number of benzene rings is 1. The highest BCUT2D eigenvalue weighted by Gasteiger charge is 2.17. The fourth-order valence-corrected chi connectivity index (χ4v) is 2.96. The number of nitrogens with two attached hydrogens (primary N) is 1. The fourth-order valence-electron chi connectivity index (χ4n) is 2.74. The highest BCUT2D eigenvalue weighted by atomic mass is 35.5. The third-order valence-electron chi connectivity index (χ3n) is 3.57. The second-order valence-electron chi connectivity index (χ2n) is 4.56. The summed E-state index contributed by atoms with van der Waals surface area (Å²) in [5.41, 5.74) is 10.6. The second-order valence-corrected chi connectivity index (χ2v) is 4.97. The summed E-state index contributed by atoms with van der Waals surface area (Å²) in [5, 5.41) is 1.85.